The van der Waals surface area contributed by atoms with Gasteiger partial charge in [0, 0.05) is 19.3 Å². The van der Waals surface area contributed by atoms with Crippen LogP contribution in [0.5, 0.6) is 0 Å². The van der Waals surface area contributed by atoms with Gasteiger partial charge in [-0.3, -0.25) is 4.79 Å². The van der Waals surface area contributed by atoms with E-state index in [0.717, 1.165) is 17.6 Å². The van der Waals surface area contributed by atoms with Gasteiger partial charge in [-0.25, -0.2) is 13.4 Å². The fraction of sp³-hybridized carbons (Fsp3) is 0.556. The highest BCUT2D eigenvalue weighted by Crippen LogP contribution is 2.24. The topological polar surface area (TPSA) is 114 Å². The average Bonchev–Trinajstić information content (AvgIpc) is 2.56. The Bertz CT molecular complexity index is 538. The van der Waals surface area contributed by atoms with E-state index in [1.54, 1.807) is 14.0 Å². The molecule has 1 unspecified atom stereocenters. The van der Waals surface area contributed by atoms with Crippen molar-refractivity contribution in [2.24, 2.45) is 0 Å². The molecule has 1 rings (SSSR count). The number of nitrogens with two attached hydrogens (primary N) is 1. The predicted octanol–water partition coefficient (Wildman–Crippen LogP) is -0.0701. The van der Waals surface area contributed by atoms with Gasteiger partial charge in [-0.1, -0.05) is 11.3 Å². The molecule has 1 amide bonds. The monoisotopic (exact) mass is 292 g/mol. The Morgan fingerprint density at radius 2 is 2.17 bits per heavy atom. The number of rotatable bonds is 5. The molecule has 7 nitrogen and oxygen atoms in total. The summed E-state index contributed by atoms with van der Waals surface area (Å²) in [4.78, 5) is 16.1. The molecular weight excluding hydrogens is 276 g/mol. The Morgan fingerprint density at radius 1 is 1.56 bits per heavy atom. The molecule has 0 aromatic carbocycles. The van der Waals surface area contributed by atoms with Gasteiger partial charge < -0.3 is 16.4 Å². The third kappa shape index (κ3) is 4.15. The number of thiazole rings is 1. The first-order chi connectivity index (χ1) is 8.23. The van der Waals surface area contributed by atoms with E-state index in [0.29, 0.717) is 5.13 Å². The molecule has 0 bridgehead atoms. The van der Waals surface area contributed by atoms with Gasteiger partial charge in [-0.15, -0.1) is 0 Å². The number of aromatic nitrogens is 1. The van der Waals surface area contributed by atoms with Gasteiger partial charge in [0.1, 0.15) is 20.5 Å². The van der Waals surface area contributed by atoms with Crippen LogP contribution in [0.1, 0.15) is 16.6 Å². The first kappa shape index (κ1) is 14.7. The molecule has 1 heterocycles. The molecule has 0 radical (unpaired) electrons. The van der Waals surface area contributed by atoms with Gasteiger partial charge in [0.15, 0.2) is 5.13 Å². The van der Waals surface area contributed by atoms with Gasteiger partial charge in [-0.2, -0.15) is 0 Å². The van der Waals surface area contributed by atoms with Crippen LogP contribution in [0, 0.1) is 0 Å². The van der Waals surface area contributed by atoms with Crippen molar-refractivity contribution >= 4 is 38.0 Å². The van der Waals surface area contributed by atoms with Crippen molar-refractivity contribution in [1.29, 1.82) is 0 Å². The van der Waals surface area contributed by atoms with E-state index < -0.39 is 21.8 Å². The maximum Gasteiger partial charge on any atom is 0.265 e. The van der Waals surface area contributed by atoms with Crippen LogP contribution in [0.4, 0.5) is 10.9 Å². The molecule has 1 atom stereocenters. The van der Waals surface area contributed by atoms with Gasteiger partial charge in [-0.05, 0) is 6.92 Å². The molecule has 102 valence electrons. The zero-order chi connectivity index (χ0) is 13.9. The van der Waals surface area contributed by atoms with Crippen molar-refractivity contribution in [1.82, 2.24) is 10.3 Å². The molecule has 1 aromatic heterocycles. The molecule has 18 heavy (non-hydrogen) atoms. The number of carbonyl (C=O) groups excluding carboxylic acids is 1. The van der Waals surface area contributed by atoms with E-state index in [9.17, 15) is 13.2 Å². The minimum absolute atomic E-state index is 0.115. The number of nitrogens with one attached hydrogen (secondary N) is 2. The molecule has 0 fully saturated rings. The van der Waals surface area contributed by atoms with Crippen LogP contribution in [0.2, 0.25) is 0 Å². The zero-order valence-electron chi connectivity index (χ0n) is 10.4. The van der Waals surface area contributed by atoms with Crippen LogP contribution in [-0.4, -0.2) is 44.4 Å². The predicted molar refractivity (Wildman–Crippen MR) is 72.7 cm³/mol. The highest BCUT2D eigenvalue weighted by Gasteiger charge is 2.19. The number of anilines is 2. The quantitative estimate of drug-likeness (QED) is 0.700. The van der Waals surface area contributed by atoms with Gasteiger partial charge in [0.25, 0.3) is 5.91 Å². The number of carbonyl (C=O) groups is 1. The van der Waals surface area contributed by atoms with Crippen molar-refractivity contribution in [3.63, 3.8) is 0 Å². The maximum atomic E-state index is 11.8. The van der Waals surface area contributed by atoms with E-state index in [1.165, 1.54) is 0 Å². The van der Waals surface area contributed by atoms with E-state index >= 15 is 0 Å². The molecule has 4 N–H and O–H groups in total. The fourth-order valence-corrected chi connectivity index (χ4v) is 3.12. The summed E-state index contributed by atoms with van der Waals surface area (Å²) in [5.41, 5.74) is 5.60. The Kier molecular flexibility index (Phi) is 4.52. The Morgan fingerprint density at radius 3 is 2.61 bits per heavy atom. The molecule has 0 aliphatic rings. The average molecular weight is 292 g/mol. The lowest BCUT2D eigenvalue weighted by Crippen LogP contribution is -2.37. The molecule has 0 saturated carbocycles. The minimum Gasteiger partial charge on any atom is -0.382 e. The van der Waals surface area contributed by atoms with Crippen molar-refractivity contribution in [3.8, 4) is 0 Å². The Balaban J connectivity index is 2.73. The summed E-state index contributed by atoms with van der Waals surface area (Å²) in [6.07, 6.45) is 1.12. The maximum absolute atomic E-state index is 11.8. The lowest BCUT2D eigenvalue weighted by molar-refractivity contribution is 0.0948. The molecule has 1 aromatic rings. The molecule has 9 heteroatoms. The second kappa shape index (κ2) is 5.53. The van der Waals surface area contributed by atoms with Crippen molar-refractivity contribution in [3.05, 3.63) is 4.88 Å². The first-order valence-corrected chi connectivity index (χ1v) is 8.03. The fourth-order valence-electron chi connectivity index (χ4n) is 1.39. The largest absolute Gasteiger partial charge is 0.382 e. The first-order valence-electron chi connectivity index (χ1n) is 5.15. The van der Waals surface area contributed by atoms with Crippen molar-refractivity contribution in [2.45, 2.75) is 13.0 Å². The Hall–Kier alpha value is -1.35. The highest BCUT2D eigenvalue weighted by molar-refractivity contribution is 7.90. The third-order valence-corrected chi connectivity index (χ3v) is 4.20. The molecule has 0 aliphatic heterocycles. The lowest BCUT2D eigenvalue weighted by atomic mass is 10.3. The van der Waals surface area contributed by atoms with Crippen molar-refractivity contribution < 1.29 is 13.2 Å². The molecule has 0 spiro atoms. The summed E-state index contributed by atoms with van der Waals surface area (Å²) in [6.45, 7) is 1.62. The highest BCUT2D eigenvalue weighted by atomic mass is 32.2. The SMILES string of the molecule is CNc1nc(N)c(C(=O)NC(C)CS(C)(=O)=O)s1. The van der Waals surface area contributed by atoms with Crippen LogP contribution < -0.4 is 16.4 Å². The minimum atomic E-state index is -3.13. The van der Waals surface area contributed by atoms with E-state index in [1.807, 2.05) is 0 Å². The summed E-state index contributed by atoms with van der Waals surface area (Å²) >= 11 is 1.12. The number of nitrogen functional groups attached to an aromatic ring is 1. The summed E-state index contributed by atoms with van der Waals surface area (Å²) in [7, 11) is -1.46. The second-order valence-electron chi connectivity index (χ2n) is 3.95. The van der Waals surface area contributed by atoms with E-state index in [2.05, 4.69) is 15.6 Å². The molecule has 0 saturated heterocycles. The van der Waals surface area contributed by atoms with E-state index in [4.69, 9.17) is 5.73 Å². The Labute approximate surface area is 110 Å². The van der Waals surface area contributed by atoms with Crippen molar-refractivity contribution in [2.75, 3.05) is 30.1 Å². The summed E-state index contributed by atoms with van der Waals surface area (Å²) < 4.78 is 22.2. The zero-order valence-corrected chi connectivity index (χ0v) is 12.0. The number of hydrogen-bond donors (Lipinski definition) is 3. The summed E-state index contributed by atoms with van der Waals surface area (Å²) in [6, 6.07) is -0.480. The molecule has 0 aliphatic carbocycles. The third-order valence-electron chi connectivity index (χ3n) is 2.00. The summed E-state index contributed by atoms with van der Waals surface area (Å²) in [5.74, 6) is -0.396. The van der Waals surface area contributed by atoms with Gasteiger partial charge in [0.2, 0.25) is 0 Å². The smallest absolute Gasteiger partial charge is 0.265 e. The van der Waals surface area contributed by atoms with Crippen LogP contribution in [-0.2, 0) is 9.84 Å². The van der Waals surface area contributed by atoms with Gasteiger partial charge in [0.05, 0.1) is 5.75 Å². The van der Waals surface area contributed by atoms with Gasteiger partial charge >= 0.3 is 0 Å². The van der Waals surface area contributed by atoms with E-state index in [-0.39, 0.29) is 16.4 Å². The van der Waals surface area contributed by atoms with Crippen LogP contribution in [0.15, 0.2) is 0 Å². The van der Waals surface area contributed by atoms with Crippen LogP contribution in [0.25, 0.3) is 0 Å². The lowest BCUT2D eigenvalue weighted by Gasteiger charge is -2.11. The number of nitrogens with zero attached hydrogens (tertiary/aromatic N) is 1. The number of sulfone groups is 1. The van der Waals surface area contributed by atoms with Crippen LogP contribution >= 0.6 is 11.3 Å². The van der Waals surface area contributed by atoms with Crippen LogP contribution in [0.3, 0.4) is 0 Å². The number of amides is 1. The molecular formula is C9H16N4O3S2. The summed E-state index contributed by atoms with van der Waals surface area (Å²) in [5, 5.41) is 5.90. The number of hydrogen-bond acceptors (Lipinski definition) is 7. The second-order valence-corrected chi connectivity index (χ2v) is 7.13. The normalized spacial score (nSPS) is 13.1. The standard InChI is InChI=1S/C9H16N4O3S2/c1-5(4-18(3,15)16)12-8(14)6-7(10)13-9(11-2)17-6/h5H,4,10H2,1-3H3,(H,11,13)(H,12,14).